The van der Waals surface area contributed by atoms with Crippen LogP contribution in [-0.4, -0.2) is 120 Å². The number of aryl methyl sites for hydroxylation is 3. The SMILES string of the molecule is CN(CO)C(=O)c1ccc2nc(-c3ccc(F)cc3)c(CCCCC(=O)OC(C)(C)C)nc2c1.CNC(=O)c1ccc2nc(-c3ccc(F)cc3)c(CCCCC(=O)O)nc2c1.CNC(=O)c1ccc2nc(-c3ccc(F)cc3)c(CCCCC(=O)OC(C)(C)C)nc2c1. The summed E-state index contributed by atoms with van der Waals surface area (Å²) in [4.78, 5) is 101. The fraction of sp³-hybridized carbons (Fsp3) is 0.333. The predicted octanol–water partition coefficient (Wildman–Crippen LogP) is 13.0. The van der Waals surface area contributed by atoms with Crippen LogP contribution < -0.4 is 10.6 Å². The molecule has 0 fully saturated rings. The van der Waals surface area contributed by atoms with Gasteiger partial charge in [0.15, 0.2) is 0 Å². The van der Waals surface area contributed by atoms with Crippen LogP contribution in [0.25, 0.3) is 66.9 Å². The van der Waals surface area contributed by atoms with Gasteiger partial charge in [0.25, 0.3) is 17.7 Å². The maximum atomic E-state index is 13.5. The third kappa shape index (κ3) is 21.0. The van der Waals surface area contributed by atoms with Crippen LogP contribution in [0.15, 0.2) is 127 Å². The number of benzene rings is 6. The van der Waals surface area contributed by atoms with Crippen LogP contribution >= 0.6 is 0 Å². The number of carboxylic acids is 1. The van der Waals surface area contributed by atoms with Crippen LogP contribution in [0.1, 0.15) is 147 Å². The van der Waals surface area contributed by atoms with E-state index in [-0.39, 0.29) is 53.5 Å². The molecular formula is C72H78F3N9O10. The number of ether oxygens (including phenoxy) is 2. The molecule has 22 heteroatoms. The van der Waals surface area contributed by atoms with Crippen LogP contribution in [-0.2, 0) is 43.1 Å². The zero-order chi connectivity index (χ0) is 68.3. The summed E-state index contributed by atoms with van der Waals surface area (Å²) in [7, 11) is 4.64. The van der Waals surface area contributed by atoms with E-state index in [0.29, 0.717) is 149 Å². The maximum absolute atomic E-state index is 13.5. The molecule has 0 bridgehead atoms. The highest BCUT2D eigenvalue weighted by Crippen LogP contribution is 2.30. The van der Waals surface area contributed by atoms with Crippen molar-refractivity contribution in [1.29, 1.82) is 0 Å². The number of aliphatic hydroxyl groups excluding tert-OH is 1. The zero-order valence-corrected chi connectivity index (χ0v) is 54.2. The molecule has 4 N–H and O–H groups in total. The topological polar surface area (TPSA) is 266 Å². The van der Waals surface area contributed by atoms with E-state index in [4.69, 9.17) is 34.5 Å². The highest BCUT2D eigenvalue weighted by atomic mass is 19.1. The van der Waals surface area contributed by atoms with E-state index in [0.717, 1.165) is 22.4 Å². The van der Waals surface area contributed by atoms with Crippen molar-refractivity contribution in [3.8, 4) is 33.8 Å². The first-order valence-corrected chi connectivity index (χ1v) is 30.9. The van der Waals surface area contributed by atoms with E-state index in [1.54, 1.807) is 105 Å². The molecule has 0 aliphatic heterocycles. The second-order valence-electron chi connectivity index (χ2n) is 24.2. The molecule has 0 saturated carbocycles. The molecule has 6 aromatic carbocycles. The number of hydrogen-bond acceptors (Lipinski definition) is 15. The van der Waals surface area contributed by atoms with Gasteiger partial charge in [-0.25, -0.2) is 43.1 Å². The number of nitrogens with zero attached hydrogens (tertiary/aromatic N) is 7. The Hall–Kier alpha value is -10.1. The summed E-state index contributed by atoms with van der Waals surface area (Å²) in [6.45, 7) is 10.6. The molecule has 0 atom stereocenters. The number of fused-ring (bicyclic) bond motifs is 3. The van der Waals surface area contributed by atoms with Crippen LogP contribution in [0.2, 0.25) is 0 Å². The lowest BCUT2D eigenvalue weighted by molar-refractivity contribution is -0.156. The number of aliphatic carboxylic acids is 1. The molecule has 0 spiro atoms. The van der Waals surface area contributed by atoms with E-state index >= 15 is 0 Å². The van der Waals surface area contributed by atoms with Gasteiger partial charge >= 0.3 is 17.9 Å². The van der Waals surface area contributed by atoms with Crippen molar-refractivity contribution in [1.82, 2.24) is 45.4 Å². The second kappa shape index (κ2) is 33.0. The predicted molar refractivity (Wildman–Crippen MR) is 353 cm³/mol. The molecular weight excluding hydrogens is 1210 g/mol. The maximum Gasteiger partial charge on any atom is 0.306 e. The number of carbonyl (C=O) groups excluding carboxylic acids is 5. The standard InChI is InChI=1S/C26H30FN3O4.C25H28FN3O3.C21H20FN3O3/c1-26(2,3)34-23(32)8-6-5-7-21-24(17-9-12-19(27)13-10-17)29-20-14-11-18(15-22(20)28-21)25(33)30(4)16-31;1-25(2,3)32-22(30)8-6-5-7-20-23(16-9-12-18(26)13-10-16)29-19-14-11-17(24(31)27-4)15-21(19)28-20;1-23-21(28)14-8-11-16-18(12-14)24-17(4-2-3-5-19(26)27)20(25-16)13-6-9-15(22)10-7-13/h9-15,31H,5-8,16H2,1-4H3;9-15H,5-8H2,1-4H3,(H,27,31);6-12H,2-5H2,1H3,(H,23,28)(H,26,27). The number of aromatic nitrogens is 6. The Kier molecular flexibility index (Phi) is 25.0. The lowest BCUT2D eigenvalue weighted by Crippen LogP contribution is -2.27. The average Bonchev–Trinajstić information content (AvgIpc) is 0.804. The third-order valence-corrected chi connectivity index (χ3v) is 14.3. The summed E-state index contributed by atoms with van der Waals surface area (Å²) >= 11 is 0. The van der Waals surface area contributed by atoms with Gasteiger partial charge in [-0.2, -0.15) is 0 Å². The van der Waals surface area contributed by atoms with Gasteiger partial charge in [0.2, 0.25) is 0 Å². The molecule has 492 valence electrons. The number of rotatable bonds is 22. The Bertz CT molecular complexity index is 4160. The van der Waals surface area contributed by atoms with E-state index in [1.807, 2.05) is 41.5 Å². The van der Waals surface area contributed by atoms with Gasteiger partial charge in [0.1, 0.15) is 35.4 Å². The van der Waals surface area contributed by atoms with Gasteiger partial charge in [-0.1, -0.05) is 0 Å². The number of nitrogens with one attached hydrogen (secondary N) is 2. The van der Waals surface area contributed by atoms with Gasteiger partial charge in [-0.3, -0.25) is 28.8 Å². The normalized spacial score (nSPS) is 11.2. The number of halogens is 3. The fourth-order valence-electron chi connectivity index (χ4n) is 9.78. The monoisotopic (exact) mass is 1290 g/mol. The molecule has 3 amide bonds. The number of unbranched alkanes of at least 4 members (excludes halogenated alkanes) is 3. The van der Waals surface area contributed by atoms with E-state index in [1.165, 1.54) is 48.3 Å². The molecule has 0 unspecified atom stereocenters. The van der Waals surface area contributed by atoms with Crippen molar-refractivity contribution in [3.05, 3.63) is 179 Å². The van der Waals surface area contributed by atoms with Crippen LogP contribution in [0.4, 0.5) is 13.2 Å². The summed E-state index contributed by atoms with van der Waals surface area (Å²) < 4.78 is 50.9. The first kappa shape index (κ1) is 71.4. The van der Waals surface area contributed by atoms with Crippen molar-refractivity contribution >= 4 is 68.7 Å². The molecule has 3 aromatic heterocycles. The Labute approximate surface area is 543 Å². The Morgan fingerprint density at radius 3 is 1.04 bits per heavy atom. The van der Waals surface area contributed by atoms with E-state index in [9.17, 15) is 47.0 Å². The molecule has 0 aliphatic carbocycles. The van der Waals surface area contributed by atoms with Gasteiger partial charge in [-0.05, 0) is 227 Å². The summed E-state index contributed by atoms with van der Waals surface area (Å²) in [5.41, 5.74) is 10.3. The Balaban J connectivity index is 0.000000200. The minimum atomic E-state index is -0.835. The molecule has 9 rings (SSSR count). The third-order valence-electron chi connectivity index (χ3n) is 14.3. The van der Waals surface area contributed by atoms with Crippen molar-refractivity contribution in [2.75, 3.05) is 27.9 Å². The second-order valence-corrected chi connectivity index (χ2v) is 24.2. The summed E-state index contributed by atoms with van der Waals surface area (Å²) in [6.07, 6.45) is 6.21. The molecule has 0 saturated heterocycles. The number of esters is 2. The number of amides is 3. The van der Waals surface area contributed by atoms with Gasteiger partial charge < -0.3 is 35.2 Å². The largest absolute Gasteiger partial charge is 0.481 e. The van der Waals surface area contributed by atoms with Crippen LogP contribution in [0.5, 0.6) is 0 Å². The van der Waals surface area contributed by atoms with Crippen molar-refractivity contribution < 1.29 is 61.6 Å². The average molecular weight is 1290 g/mol. The Morgan fingerprint density at radius 2 is 0.745 bits per heavy atom. The van der Waals surface area contributed by atoms with Crippen LogP contribution in [0.3, 0.4) is 0 Å². The summed E-state index contributed by atoms with van der Waals surface area (Å²) in [5, 5.41) is 23.2. The molecule has 9 aromatic rings. The van der Waals surface area contributed by atoms with Crippen molar-refractivity contribution in [2.24, 2.45) is 0 Å². The van der Waals surface area contributed by atoms with Gasteiger partial charge in [-0.15, -0.1) is 0 Å². The minimum absolute atomic E-state index is 0.0910. The summed E-state index contributed by atoms with van der Waals surface area (Å²) in [6, 6.07) is 33.5. The molecule has 3 heterocycles. The number of carboxylic acid groups (broad SMARTS) is 1. The quantitative estimate of drug-likeness (QED) is 0.0279. The Morgan fingerprint density at radius 1 is 0.436 bits per heavy atom. The van der Waals surface area contributed by atoms with Crippen LogP contribution in [0, 0.1) is 17.5 Å². The lowest BCUT2D eigenvalue weighted by atomic mass is 10.0. The first-order chi connectivity index (χ1) is 44.7. The highest BCUT2D eigenvalue weighted by molar-refractivity contribution is 5.99. The molecule has 0 aliphatic rings. The van der Waals surface area contributed by atoms with Crippen molar-refractivity contribution in [3.63, 3.8) is 0 Å². The fourth-order valence-corrected chi connectivity index (χ4v) is 9.78. The highest BCUT2D eigenvalue weighted by Gasteiger charge is 2.21. The van der Waals surface area contributed by atoms with Crippen molar-refractivity contribution in [2.45, 2.75) is 130 Å². The number of aliphatic hydroxyl groups is 1. The van der Waals surface area contributed by atoms with Gasteiger partial charge in [0.05, 0.1) is 67.3 Å². The summed E-state index contributed by atoms with van der Waals surface area (Å²) in [5.74, 6) is -3.04. The molecule has 94 heavy (non-hydrogen) atoms. The molecule has 19 nitrogen and oxygen atoms in total. The zero-order valence-electron chi connectivity index (χ0n) is 54.2. The van der Waals surface area contributed by atoms with E-state index < -0.39 is 23.9 Å². The first-order valence-electron chi connectivity index (χ1n) is 30.9. The minimum Gasteiger partial charge on any atom is -0.481 e. The van der Waals surface area contributed by atoms with Gasteiger partial charge in [0, 0.05) is 73.8 Å². The molecule has 0 radical (unpaired) electrons. The van der Waals surface area contributed by atoms with E-state index in [2.05, 4.69) is 20.6 Å². The lowest BCUT2D eigenvalue weighted by Gasteiger charge is -2.19. The number of carbonyl (C=O) groups is 6. The number of hydrogen-bond donors (Lipinski definition) is 4. The smallest absolute Gasteiger partial charge is 0.306 e.